The molecule has 1 aliphatic carbocycles. The first-order valence-corrected chi connectivity index (χ1v) is 7.57. The lowest BCUT2D eigenvalue weighted by atomic mass is 9.85. The molecule has 1 heteroatoms. The van der Waals surface area contributed by atoms with Gasteiger partial charge in [-0.2, -0.15) is 0 Å². The predicted molar refractivity (Wildman–Crippen MR) is 84.9 cm³/mol. The Hall–Kier alpha value is -1.63. The zero-order valence-corrected chi connectivity index (χ0v) is 11.8. The Kier molecular flexibility index (Phi) is 3.15. The molecule has 20 heavy (non-hydrogen) atoms. The van der Waals surface area contributed by atoms with Crippen LogP contribution in [0.1, 0.15) is 60.2 Å². The van der Waals surface area contributed by atoms with Crippen molar-refractivity contribution in [1.29, 1.82) is 0 Å². The Morgan fingerprint density at radius 2 is 1.95 bits per heavy atom. The Labute approximate surface area is 126 Å². The minimum absolute atomic E-state index is 0.0967. The molecule has 1 nitrogen and oxygen atoms in total. The van der Waals surface area contributed by atoms with Crippen LogP contribution in [0.2, 0.25) is 0 Å². The molecule has 0 radical (unpaired) electrons. The first kappa shape index (κ1) is 10.1. The van der Waals surface area contributed by atoms with Crippen LogP contribution in [0.5, 0.6) is 0 Å². The number of aryl methyl sites for hydroxylation is 1. The van der Waals surface area contributed by atoms with Crippen molar-refractivity contribution in [3.63, 3.8) is 0 Å². The molecule has 0 amide bonds. The highest BCUT2D eigenvalue weighted by Gasteiger charge is 2.18. The number of pyridine rings is 1. The van der Waals surface area contributed by atoms with E-state index >= 15 is 0 Å². The van der Waals surface area contributed by atoms with Crippen LogP contribution in [0.15, 0.2) is 42.6 Å². The summed E-state index contributed by atoms with van der Waals surface area (Å²) in [6, 6.07) is 12.0. The van der Waals surface area contributed by atoms with Crippen LogP contribution in [0.4, 0.5) is 0 Å². The minimum Gasteiger partial charge on any atom is -0.260 e. The van der Waals surface area contributed by atoms with Crippen molar-refractivity contribution in [2.24, 2.45) is 0 Å². The van der Waals surface area contributed by atoms with Gasteiger partial charge in [0.1, 0.15) is 0 Å². The third-order valence-electron chi connectivity index (χ3n) is 4.31. The number of benzene rings is 1. The lowest BCUT2D eigenvalue weighted by molar-refractivity contribution is 0.436. The maximum atomic E-state index is 7.66. The van der Waals surface area contributed by atoms with E-state index in [1.54, 1.807) is 0 Å². The van der Waals surface area contributed by atoms with Crippen molar-refractivity contribution >= 4 is 0 Å². The van der Waals surface area contributed by atoms with Crippen LogP contribution >= 0.6 is 0 Å². The monoisotopic (exact) mass is 268 g/mol. The molecule has 2 aromatic rings. The van der Waals surface area contributed by atoms with Gasteiger partial charge >= 0.3 is 0 Å². The standard InChI is InChI=1S/C19H23N/c1-2-15-13-19(17-11-7-4-8-12-17)20-14-18(15)16-9-5-3-6-10-16/h3,5-6,9-10,13-14,17H,2,4,7-8,11-12H2,1H3/i1D3. The first-order chi connectivity index (χ1) is 11.0. The summed E-state index contributed by atoms with van der Waals surface area (Å²) in [6.07, 6.45) is 8.12. The Balaban J connectivity index is 1.98. The third kappa shape index (κ3) is 2.77. The van der Waals surface area contributed by atoms with Crippen LogP contribution in [0.3, 0.4) is 0 Å². The molecule has 0 bridgehead atoms. The summed E-state index contributed by atoms with van der Waals surface area (Å²) >= 11 is 0. The summed E-state index contributed by atoms with van der Waals surface area (Å²) in [5.41, 5.74) is 3.95. The maximum Gasteiger partial charge on any atom is 0.0437 e. The van der Waals surface area contributed by atoms with Crippen LogP contribution in [0.25, 0.3) is 11.1 Å². The van der Waals surface area contributed by atoms with E-state index in [1.165, 1.54) is 32.1 Å². The fourth-order valence-corrected chi connectivity index (χ4v) is 3.16. The SMILES string of the molecule is [2H]C([2H])([2H])Cc1cc(C2CCCCC2)ncc1-c1ccccc1. The van der Waals surface area contributed by atoms with Gasteiger partial charge in [0.25, 0.3) is 0 Å². The minimum atomic E-state index is -1.96. The molecule has 0 spiro atoms. The maximum absolute atomic E-state index is 7.66. The lowest BCUT2D eigenvalue weighted by Gasteiger charge is -2.22. The fourth-order valence-electron chi connectivity index (χ4n) is 3.16. The normalized spacial score (nSPS) is 19.1. The molecule has 1 saturated carbocycles. The smallest absolute Gasteiger partial charge is 0.0437 e. The Morgan fingerprint density at radius 3 is 2.70 bits per heavy atom. The molecule has 0 N–H and O–H groups in total. The van der Waals surface area contributed by atoms with E-state index in [4.69, 9.17) is 4.11 Å². The Morgan fingerprint density at radius 1 is 1.15 bits per heavy atom. The zero-order chi connectivity index (χ0) is 16.3. The zero-order valence-electron chi connectivity index (χ0n) is 14.8. The first-order valence-electron chi connectivity index (χ1n) is 9.07. The van der Waals surface area contributed by atoms with Crippen molar-refractivity contribution in [2.45, 2.75) is 51.3 Å². The van der Waals surface area contributed by atoms with E-state index in [-0.39, 0.29) is 6.42 Å². The summed E-state index contributed by atoms with van der Waals surface area (Å²) in [5, 5.41) is 0. The van der Waals surface area contributed by atoms with Crippen molar-refractivity contribution in [3.05, 3.63) is 53.9 Å². The van der Waals surface area contributed by atoms with E-state index in [2.05, 4.69) is 4.98 Å². The molecule has 3 rings (SSSR count). The number of hydrogen-bond donors (Lipinski definition) is 0. The average Bonchev–Trinajstić information content (AvgIpc) is 2.55. The van der Waals surface area contributed by atoms with E-state index < -0.39 is 6.85 Å². The third-order valence-corrected chi connectivity index (χ3v) is 4.31. The molecule has 0 atom stereocenters. The topological polar surface area (TPSA) is 12.9 Å². The molecule has 1 aromatic carbocycles. The summed E-state index contributed by atoms with van der Waals surface area (Å²) in [7, 11) is 0. The fraction of sp³-hybridized carbons (Fsp3) is 0.421. The average molecular weight is 268 g/mol. The molecule has 1 aliphatic rings. The molecule has 1 heterocycles. The summed E-state index contributed by atoms with van der Waals surface area (Å²) < 4.78 is 23.0. The molecule has 0 unspecified atom stereocenters. The van der Waals surface area contributed by atoms with E-state index in [1.807, 2.05) is 42.6 Å². The van der Waals surface area contributed by atoms with Gasteiger partial charge in [-0.1, -0.05) is 56.4 Å². The van der Waals surface area contributed by atoms with Gasteiger partial charge in [-0.05, 0) is 36.5 Å². The quantitative estimate of drug-likeness (QED) is 0.730. The Bertz CT molecular complexity index is 643. The second kappa shape index (κ2) is 6.21. The second-order valence-electron chi connectivity index (χ2n) is 5.64. The number of hydrogen-bond acceptors (Lipinski definition) is 1. The van der Waals surface area contributed by atoms with Crippen LogP contribution in [-0.2, 0) is 6.42 Å². The number of aromatic nitrogens is 1. The van der Waals surface area contributed by atoms with Gasteiger partial charge in [0, 0.05) is 27.5 Å². The van der Waals surface area contributed by atoms with Crippen LogP contribution in [0, 0.1) is 0 Å². The molecule has 0 aliphatic heterocycles. The highest BCUT2D eigenvalue weighted by molar-refractivity contribution is 5.66. The van der Waals surface area contributed by atoms with Gasteiger partial charge in [-0.25, -0.2) is 0 Å². The van der Waals surface area contributed by atoms with E-state index in [0.29, 0.717) is 5.92 Å². The molecule has 1 fully saturated rings. The predicted octanol–water partition coefficient (Wildman–Crippen LogP) is 5.36. The second-order valence-corrected chi connectivity index (χ2v) is 5.64. The van der Waals surface area contributed by atoms with E-state index in [0.717, 1.165) is 22.4 Å². The molecular weight excluding hydrogens is 242 g/mol. The summed E-state index contributed by atoms with van der Waals surface area (Å²) in [6.45, 7) is -1.96. The van der Waals surface area contributed by atoms with Gasteiger partial charge in [-0.15, -0.1) is 0 Å². The number of nitrogens with zero attached hydrogens (tertiary/aromatic N) is 1. The van der Waals surface area contributed by atoms with E-state index in [9.17, 15) is 0 Å². The van der Waals surface area contributed by atoms with Gasteiger partial charge in [0.05, 0.1) is 0 Å². The van der Waals surface area contributed by atoms with Crippen molar-refractivity contribution in [2.75, 3.05) is 0 Å². The van der Waals surface area contributed by atoms with Crippen LogP contribution < -0.4 is 0 Å². The highest BCUT2D eigenvalue weighted by Crippen LogP contribution is 2.33. The lowest BCUT2D eigenvalue weighted by Crippen LogP contribution is -2.07. The highest BCUT2D eigenvalue weighted by atomic mass is 14.7. The van der Waals surface area contributed by atoms with Gasteiger partial charge in [0.2, 0.25) is 0 Å². The van der Waals surface area contributed by atoms with Crippen molar-refractivity contribution in [1.82, 2.24) is 4.98 Å². The number of rotatable bonds is 3. The molecule has 1 aromatic heterocycles. The largest absolute Gasteiger partial charge is 0.260 e. The molecular formula is C19H23N. The van der Waals surface area contributed by atoms with Crippen molar-refractivity contribution in [3.8, 4) is 11.1 Å². The van der Waals surface area contributed by atoms with Gasteiger partial charge < -0.3 is 0 Å². The molecule has 0 saturated heterocycles. The molecule has 104 valence electrons. The van der Waals surface area contributed by atoms with Gasteiger partial charge in [0.15, 0.2) is 0 Å². The van der Waals surface area contributed by atoms with Crippen molar-refractivity contribution < 1.29 is 4.11 Å². The summed E-state index contributed by atoms with van der Waals surface area (Å²) in [5.74, 6) is 0.490. The van der Waals surface area contributed by atoms with Crippen LogP contribution in [-0.4, -0.2) is 4.98 Å². The summed E-state index contributed by atoms with van der Waals surface area (Å²) in [4.78, 5) is 4.69. The van der Waals surface area contributed by atoms with Gasteiger partial charge in [-0.3, -0.25) is 4.98 Å².